The number of methoxy groups -OCH3 is 2. The summed E-state index contributed by atoms with van der Waals surface area (Å²) >= 11 is 0. The molecule has 0 spiro atoms. The van der Waals surface area contributed by atoms with Gasteiger partial charge in [0.2, 0.25) is 5.91 Å². The molecule has 2 aromatic carbocycles. The molecule has 0 saturated heterocycles. The summed E-state index contributed by atoms with van der Waals surface area (Å²) in [5.74, 6) is 1.55. The van der Waals surface area contributed by atoms with Gasteiger partial charge in [0.15, 0.2) is 0 Å². The third-order valence-electron chi connectivity index (χ3n) is 5.96. The van der Waals surface area contributed by atoms with Crippen LogP contribution in [0.2, 0.25) is 0 Å². The number of hydrogen-bond acceptors (Lipinski definition) is 6. The highest BCUT2D eigenvalue weighted by Crippen LogP contribution is 2.34. The van der Waals surface area contributed by atoms with Gasteiger partial charge in [-0.3, -0.25) is 4.79 Å². The first-order valence-corrected chi connectivity index (χ1v) is 10.2. The summed E-state index contributed by atoms with van der Waals surface area (Å²) in [5.41, 5.74) is 4.00. The molecule has 0 bridgehead atoms. The van der Waals surface area contributed by atoms with Gasteiger partial charge < -0.3 is 23.6 Å². The molecule has 1 amide bonds. The number of furan rings is 1. The van der Waals surface area contributed by atoms with Crippen LogP contribution in [0.15, 0.2) is 37.9 Å². The van der Waals surface area contributed by atoms with Crippen LogP contribution in [0.1, 0.15) is 28.0 Å². The molecule has 0 fully saturated rings. The van der Waals surface area contributed by atoms with Crippen molar-refractivity contribution in [2.24, 2.45) is 0 Å². The van der Waals surface area contributed by atoms with Crippen molar-refractivity contribution in [3.63, 3.8) is 0 Å². The number of ether oxygens (including phenoxy) is 2. The van der Waals surface area contributed by atoms with E-state index in [1.165, 1.54) is 7.11 Å². The molecule has 166 valence electrons. The van der Waals surface area contributed by atoms with Crippen molar-refractivity contribution in [3.05, 3.63) is 62.7 Å². The third-order valence-corrected chi connectivity index (χ3v) is 5.96. The number of rotatable bonds is 5. The van der Waals surface area contributed by atoms with Gasteiger partial charge in [-0.2, -0.15) is 0 Å². The Hall–Kier alpha value is -3.74. The van der Waals surface area contributed by atoms with E-state index < -0.39 is 5.63 Å². The Morgan fingerprint density at radius 2 is 1.59 bits per heavy atom. The summed E-state index contributed by atoms with van der Waals surface area (Å²) in [4.78, 5) is 25.6. The van der Waals surface area contributed by atoms with E-state index in [1.807, 2.05) is 33.8 Å². The molecule has 0 aliphatic rings. The normalized spacial score (nSPS) is 11.2. The zero-order valence-electron chi connectivity index (χ0n) is 19.0. The Kier molecular flexibility index (Phi) is 5.42. The highest BCUT2D eigenvalue weighted by molar-refractivity contribution is 6.01. The van der Waals surface area contributed by atoms with Crippen molar-refractivity contribution in [1.82, 2.24) is 0 Å². The molecule has 0 radical (unpaired) electrons. The topological polar surface area (TPSA) is 90.9 Å². The molecule has 7 nitrogen and oxygen atoms in total. The van der Waals surface area contributed by atoms with E-state index in [0.29, 0.717) is 33.9 Å². The van der Waals surface area contributed by atoms with Gasteiger partial charge in [0.25, 0.3) is 0 Å². The Morgan fingerprint density at radius 3 is 2.28 bits per heavy atom. The van der Waals surface area contributed by atoms with Gasteiger partial charge in [-0.25, -0.2) is 4.79 Å². The fourth-order valence-electron chi connectivity index (χ4n) is 3.95. The zero-order valence-corrected chi connectivity index (χ0v) is 19.0. The quantitative estimate of drug-likeness (QED) is 0.445. The van der Waals surface area contributed by atoms with E-state index in [2.05, 4.69) is 5.32 Å². The number of fused-ring (bicyclic) bond motifs is 2. The largest absolute Gasteiger partial charge is 0.497 e. The first-order chi connectivity index (χ1) is 15.2. The minimum Gasteiger partial charge on any atom is -0.497 e. The molecule has 1 N–H and O–H groups in total. The Balaban J connectivity index is 1.73. The van der Waals surface area contributed by atoms with Gasteiger partial charge >= 0.3 is 5.63 Å². The lowest BCUT2D eigenvalue weighted by Crippen LogP contribution is -2.21. The van der Waals surface area contributed by atoms with Crippen LogP contribution in [0, 0.1) is 27.7 Å². The van der Waals surface area contributed by atoms with Crippen LogP contribution in [0.3, 0.4) is 0 Å². The van der Waals surface area contributed by atoms with E-state index in [1.54, 1.807) is 25.3 Å². The van der Waals surface area contributed by atoms with Crippen LogP contribution in [0.25, 0.3) is 21.9 Å². The summed E-state index contributed by atoms with van der Waals surface area (Å²) < 4.78 is 22.0. The van der Waals surface area contributed by atoms with E-state index in [4.69, 9.17) is 18.3 Å². The predicted octanol–water partition coefficient (Wildman–Crippen LogP) is 4.97. The van der Waals surface area contributed by atoms with Crippen LogP contribution in [-0.4, -0.2) is 20.1 Å². The maximum absolute atomic E-state index is 12.8. The molecule has 4 rings (SSSR count). The van der Waals surface area contributed by atoms with Crippen molar-refractivity contribution >= 4 is 33.5 Å². The smallest absolute Gasteiger partial charge is 0.340 e. The minimum atomic E-state index is -0.533. The Bertz CT molecular complexity index is 1430. The van der Waals surface area contributed by atoms with Crippen LogP contribution < -0.4 is 20.4 Å². The second kappa shape index (κ2) is 8.07. The van der Waals surface area contributed by atoms with Crippen LogP contribution in [-0.2, 0) is 11.2 Å². The van der Waals surface area contributed by atoms with E-state index in [9.17, 15) is 9.59 Å². The molecule has 0 aliphatic heterocycles. The third kappa shape index (κ3) is 3.49. The second-order valence-corrected chi connectivity index (χ2v) is 7.82. The summed E-state index contributed by atoms with van der Waals surface area (Å²) in [6.45, 7) is 7.62. The fourth-order valence-corrected chi connectivity index (χ4v) is 3.95. The second-order valence-electron chi connectivity index (χ2n) is 7.82. The number of benzene rings is 2. The lowest BCUT2D eigenvalue weighted by molar-refractivity contribution is -0.115. The number of nitrogens with one attached hydrogen (secondary N) is 1. The van der Waals surface area contributed by atoms with Gasteiger partial charge in [0.1, 0.15) is 28.4 Å². The SMILES string of the molecule is COc1ccc(NC(=O)Cc2c(C)c3cc4c(C)c(C)oc4c(C)c3oc2=O)c(OC)c1. The number of aryl methyl sites for hydroxylation is 4. The molecule has 0 atom stereocenters. The van der Waals surface area contributed by atoms with Crippen LogP contribution >= 0.6 is 0 Å². The highest BCUT2D eigenvalue weighted by Gasteiger charge is 2.20. The van der Waals surface area contributed by atoms with Crippen molar-refractivity contribution < 1.29 is 23.1 Å². The van der Waals surface area contributed by atoms with Crippen molar-refractivity contribution in [2.45, 2.75) is 34.1 Å². The summed E-state index contributed by atoms with van der Waals surface area (Å²) in [6.07, 6.45) is -0.125. The standard InChI is InChI=1S/C25H25NO6/c1-12-15(4)31-23-14(3)24-18(10-17(12)23)13(2)19(25(28)32-24)11-22(27)26-20-8-7-16(29-5)9-21(20)30-6/h7-10H,11H2,1-6H3,(H,26,27). The number of hydrogen-bond donors (Lipinski definition) is 1. The van der Waals surface area contributed by atoms with E-state index >= 15 is 0 Å². The zero-order chi connectivity index (χ0) is 23.2. The molecule has 2 heterocycles. The lowest BCUT2D eigenvalue weighted by Gasteiger charge is -2.13. The van der Waals surface area contributed by atoms with Gasteiger partial charge in [-0.15, -0.1) is 0 Å². The fraction of sp³-hybridized carbons (Fsp3) is 0.280. The van der Waals surface area contributed by atoms with Gasteiger partial charge in [-0.1, -0.05) is 0 Å². The Morgan fingerprint density at radius 1 is 0.906 bits per heavy atom. The molecule has 32 heavy (non-hydrogen) atoms. The van der Waals surface area contributed by atoms with E-state index in [-0.39, 0.29) is 12.3 Å². The monoisotopic (exact) mass is 435 g/mol. The molecule has 0 saturated carbocycles. The van der Waals surface area contributed by atoms with E-state index in [0.717, 1.165) is 33.2 Å². The van der Waals surface area contributed by atoms with Crippen LogP contribution in [0.4, 0.5) is 5.69 Å². The molecule has 0 unspecified atom stereocenters. The first-order valence-electron chi connectivity index (χ1n) is 10.2. The number of carbonyl (C=O) groups excluding carboxylic acids is 1. The molecule has 2 aromatic heterocycles. The molecule has 4 aromatic rings. The van der Waals surface area contributed by atoms with Crippen molar-refractivity contribution in [1.29, 1.82) is 0 Å². The Labute approximate surface area is 184 Å². The average molecular weight is 435 g/mol. The highest BCUT2D eigenvalue weighted by atomic mass is 16.5. The minimum absolute atomic E-state index is 0.125. The lowest BCUT2D eigenvalue weighted by atomic mass is 9.98. The van der Waals surface area contributed by atoms with Gasteiger partial charge in [0, 0.05) is 22.4 Å². The number of carbonyl (C=O) groups is 1. The molecular weight excluding hydrogens is 410 g/mol. The maximum atomic E-state index is 12.8. The summed E-state index contributed by atoms with van der Waals surface area (Å²) in [6, 6.07) is 7.05. The maximum Gasteiger partial charge on any atom is 0.340 e. The van der Waals surface area contributed by atoms with Crippen molar-refractivity contribution in [3.8, 4) is 11.5 Å². The predicted molar refractivity (Wildman–Crippen MR) is 123 cm³/mol. The molecule has 7 heteroatoms. The summed E-state index contributed by atoms with van der Waals surface area (Å²) in [5, 5.41) is 4.57. The number of amides is 1. The number of anilines is 1. The average Bonchev–Trinajstić information content (AvgIpc) is 3.06. The van der Waals surface area contributed by atoms with Crippen molar-refractivity contribution in [2.75, 3.05) is 19.5 Å². The van der Waals surface area contributed by atoms with Crippen LogP contribution in [0.5, 0.6) is 11.5 Å². The molecular formula is C25H25NO6. The van der Waals surface area contributed by atoms with Gasteiger partial charge in [0.05, 0.1) is 31.9 Å². The first kappa shape index (κ1) is 21.5. The molecule has 0 aliphatic carbocycles. The summed E-state index contributed by atoms with van der Waals surface area (Å²) in [7, 11) is 3.06. The van der Waals surface area contributed by atoms with Gasteiger partial charge in [-0.05, 0) is 57.0 Å².